The molecule has 140 valence electrons. The number of piperidine rings is 1. The number of imidazole rings is 1. The van der Waals surface area contributed by atoms with E-state index in [0.717, 1.165) is 75.4 Å². The number of aromatic nitrogens is 4. The first-order valence-corrected chi connectivity index (χ1v) is 9.64. The number of hydrogen-bond acceptors (Lipinski definition) is 4. The van der Waals surface area contributed by atoms with Crippen LogP contribution in [0.3, 0.4) is 0 Å². The van der Waals surface area contributed by atoms with E-state index in [1.165, 1.54) is 0 Å². The van der Waals surface area contributed by atoms with Gasteiger partial charge >= 0.3 is 0 Å². The van der Waals surface area contributed by atoms with Gasteiger partial charge in [-0.25, -0.2) is 4.98 Å². The number of carbonyl (C=O) groups is 1. The highest BCUT2D eigenvalue weighted by atomic mass is 16.2. The molecule has 0 aromatic carbocycles. The number of H-pyrrole nitrogens is 1. The molecule has 2 aliphatic rings. The van der Waals surface area contributed by atoms with Crippen molar-refractivity contribution in [3.8, 4) is 0 Å². The number of hydrogen-bond donors (Lipinski definition) is 1. The van der Waals surface area contributed by atoms with E-state index in [1.54, 1.807) is 0 Å². The molecule has 2 aromatic heterocycles. The molecule has 1 N–H and O–H groups in total. The third-order valence-electron chi connectivity index (χ3n) is 5.62. The Balaban J connectivity index is 1.48. The zero-order valence-corrected chi connectivity index (χ0v) is 15.7. The van der Waals surface area contributed by atoms with Gasteiger partial charge in [0.1, 0.15) is 5.82 Å². The van der Waals surface area contributed by atoms with E-state index in [-0.39, 0.29) is 5.91 Å². The summed E-state index contributed by atoms with van der Waals surface area (Å²) in [4.78, 5) is 21.8. The Kier molecular flexibility index (Phi) is 4.80. The summed E-state index contributed by atoms with van der Waals surface area (Å²) in [6, 6.07) is 0. The van der Waals surface area contributed by atoms with Gasteiger partial charge in [-0.3, -0.25) is 9.89 Å². The van der Waals surface area contributed by atoms with Gasteiger partial charge < -0.3 is 14.4 Å². The van der Waals surface area contributed by atoms with Crippen molar-refractivity contribution in [2.75, 3.05) is 33.7 Å². The zero-order valence-electron chi connectivity index (χ0n) is 15.7. The maximum atomic E-state index is 13.0. The molecular formula is C19H28N6O. The Bertz CT molecular complexity index is 777. The Hall–Kier alpha value is -2.15. The standard InChI is InChI=1S/C19H28N6O/c1-23(2)11-12-24-10-8-20-18(24)14-5-4-9-25(13-14)19(26)17-15-6-3-7-16(15)21-22-17/h8,10,14H,3-7,9,11-13H2,1-2H3,(H,21,22)/t14-/m1/s1. The van der Waals surface area contributed by atoms with Crippen LogP contribution in [0, 0.1) is 0 Å². The van der Waals surface area contributed by atoms with Crippen LogP contribution in [0.25, 0.3) is 0 Å². The summed E-state index contributed by atoms with van der Waals surface area (Å²) in [6.07, 6.45) is 9.15. The second-order valence-electron chi connectivity index (χ2n) is 7.76. The molecule has 0 saturated carbocycles. The van der Waals surface area contributed by atoms with Crippen LogP contribution in [0.1, 0.15) is 52.8 Å². The molecule has 7 nitrogen and oxygen atoms in total. The van der Waals surface area contributed by atoms with Gasteiger partial charge in [-0.05, 0) is 46.2 Å². The summed E-state index contributed by atoms with van der Waals surface area (Å²) in [5.74, 6) is 1.49. The van der Waals surface area contributed by atoms with Crippen LogP contribution in [-0.4, -0.2) is 69.2 Å². The predicted molar refractivity (Wildman–Crippen MR) is 99.3 cm³/mol. The van der Waals surface area contributed by atoms with Crippen molar-refractivity contribution in [2.45, 2.75) is 44.6 Å². The molecule has 1 atom stereocenters. The van der Waals surface area contributed by atoms with Gasteiger partial charge in [0, 0.05) is 55.7 Å². The Morgan fingerprint density at radius 2 is 2.23 bits per heavy atom. The van der Waals surface area contributed by atoms with Crippen LogP contribution in [0.15, 0.2) is 12.4 Å². The number of nitrogens with one attached hydrogen (secondary N) is 1. The monoisotopic (exact) mass is 356 g/mol. The van der Waals surface area contributed by atoms with E-state index in [9.17, 15) is 4.79 Å². The molecule has 0 unspecified atom stereocenters. The fourth-order valence-corrected chi connectivity index (χ4v) is 4.20. The van der Waals surface area contributed by atoms with Gasteiger partial charge in [0.05, 0.1) is 0 Å². The Labute approximate surface area is 154 Å². The van der Waals surface area contributed by atoms with Gasteiger partial charge in [-0.15, -0.1) is 0 Å². The second kappa shape index (κ2) is 7.23. The highest BCUT2D eigenvalue weighted by Gasteiger charge is 2.31. The van der Waals surface area contributed by atoms with Crippen molar-refractivity contribution in [3.05, 3.63) is 35.2 Å². The molecule has 1 amide bonds. The number of nitrogens with zero attached hydrogens (tertiary/aromatic N) is 5. The van der Waals surface area contributed by atoms with Crippen molar-refractivity contribution in [1.82, 2.24) is 29.5 Å². The summed E-state index contributed by atoms with van der Waals surface area (Å²) < 4.78 is 2.24. The number of amides is 1. The number of rotatable bonds is 5. The minimum Gasteiger partial charge on any atom is -0.337 e. The maximum absolute atomic E-state index is 13.0. The zero-order chi connectivity index (χ0) is 18.1. The average molecular weight is 356 g/mol. The average Bonchev–Trinajstić information content (AvgIpc) is 3.35. The van der Waals surface area contributed by atoms with E-state index in [4.69, 9.17) is 0 Å². The molecule has 2 aromatic rings. The summed E-state index contributed by atoms with van der Waals surface area (Å²) in [6.45, 7) is 3.46. The summed E-state index contributed by atoms with van der Waals surface area (Å²) in [5, 5.41) is 7.39. The quantitative estimate of drug-likeness (QED) is 0.885. The Morgan fingerprint density at radius 3 is 3.08 bits per heavy atom. The van der Waals surface area contributed by atoms with Gasteiger partial charge in [-0.1, -0.05) is 0 Å². The number of aromatic amines is 1. The van der Waals surface area contributed by atoms with Gasteiger partial charge in [0.25, 0.3) is 5.91 Å². The van der Waals surface area contributed by atoms with Crippen LogP contribution >= 0.6 is 0 Å². The van der Waals surface area contributed by atoms with Crippen molar-refractivity contribution < 1.29 is 4.79 Å². The van der Waals surface area contributed by atoms with E-state index in [2.05, 4.69) is 44.9 Å². The van der Waals surface area contributed by atoms with Crippen LogP contribution in [-0.2, 0) is 19.4 Å². The molecule has 26 heavy (non-hydrogen) atoms. The lowest BCUT2D eigenvalue weighted by Gasteiger charge is -2.32. The van der Waals surface area contributed by atoms with E-state index in [1.807, 2.05) is 11.1 Å². The van der Waals surface area contributed by atoms with Crippen molar-refractivity contribution in [3.63, 3.8) is 0 Å². The lowest BCUT2D eigenvalue weighted by Crippen LogP contribution is -2.40. The summed E-state index contributed by atoms with van der Waals surface area (Å²) in [7, 11) is 4.17. The largest absolute Gasteiger partial charge is 0.337 e. The van der Waals surface area contributed by atoms with Crippen LogP contribution in [0.4, 0.5) is 0 Å². The smallest absolute Gasteiger partial charge is 0.274 e. The first-order chi connectivity index (χ1) is 12.6. The van der Waals surface area contributed by atoms with Gasteiger partial charge in [0.2, 0.25) is 0 Å². The predicted octanol–water partition coefficient (Wildman–Crippen LogP) is 1.68. The molecule has 3 heterocycles. The highest BCUT2D eigenvalue weighted by Crippen LogP contribution is 2.29. The van der Waals surface area contributed by atoms with E-state index in [0.29, 0.717) is 11.6 Å². The topological polar surface area (TPSA) is 70.1 Å². The molecule has 0 spiro atoms. The number of aryl methyl sites for hydroxylation is 1. The van der Waals surface area contributed by atoms with Crippen LogP contribution in [0.5, 0.6) is 0 Å². The lowest BCUT2D eigenvalue weighted by atomic mass is 9.96. The van der Waals surface area contributed by atoms with Crippen molar-refractivity contribution >= 4 is 5.91 Å². The van der Waals surface area contributed by atoms with Gasteiger partial charge in [-0.2, -0.15) is 5.10 Å². The maximum Gasteiger partial charge on any atom is 0.274 e. The number of likely N-dealkylation sites (tertiary alicyclic amines) is 1. The molecular weight excluding hydrogens is 328 g/mol. The van der Waals surface area contributed by atoms with Gasteiger partial charge in [0.15, 0.2) is 5.69 Å². The third kappa shape index (κ3) is 3.28. The minimum absolute atomic E-state index is 0.0838. The highest BCUT2D eigenvalue weighted by molar-refractivity contribution is 5.94. The molecule has 1 aliphatic carbocycles. The van der Waals surface area contributed by atoms with Crippen LogP contribution < -0.4 is 0 Å². The fourth-order valence-electron chi connectivity index (χ4n) is 4.20. The summed E-state index contributed by atoms with van der Waals surface area (Å²) in [5.41, 5.74) is 2.94. The SMILES string of the molecule is CN(C)CCn1ccnc1[C@@H]1CCCN(C(=O)c2n[nH]c3c2CCC3)C1. The third-order valence-corrected chi connectivity index (χ3v) is 5.62. The molecule has 4 rings (SSSR count). The number of fused-ring (bicyclic) bond motifs is 1. The first kappa shape index (κ1) is 17.3. The first-order valence-electron chi connectivity index (χ1n) is 9.64. The molecule has 1 fully saturated rings. The van der Waals surface area contributed by atoms with Crippen LogP contribution in [0.2, 0.25) is 0 Å². The fraction of sp³-hybridized carbons (Fsp3) is 0.632. The normalized spacial score (nSPS) is 20.0. The molecule has 1 aliphatic heterocycles. The molecule has 7 heteroatoms. The Morgan fingerprint density at radius 1 is 1.35 bits per heavy atom. The molecule has 1 saturated heterocycles. The van der Waals surface area contributed by atoms with E-state index < -0.39 is 0 Å². The molecule has 0 radical (unpaired) electrons. The number of likely N-dealkylation sites (N-methyl/N-ethyl adjacent to an activating group) is 1. The summed E-state index contributed by atoms with van der Waals surface area (Å²) >= 11 is 0. The minimum atomic E-state index is 0.0838. The van der Waals surface area contributed by atoms with Crippen molar-refractivity contribution in [2.24, 2.45) is 0 Å². The van der Waals surface area contributed by atoms with Crippen molar-refractivity contribution in [1.29, 1.82) is 0 Å². The number of carbonyl (C=O) groups excluding carboxylic acids is 1. The van der Waals surface area contributed by atoms with E-state index >= 15 is 0 Å². The molecule has 0 bridgehead atoms. The second-order valence-corrected chi connectivity index (χ2v) is 7.76. The lowest BCUT2D eigenvalue weighted by molar-refractivity contribution is 0.0696.